The molecular formula is C12H21N3O2. The van der Waals surface area contributed by atoms with Gasteiger partial charge in [-0.05, 0) is 18.8 Å². The smallest absolute Gasteiger partial charge is 0.228 e. The molecule has 2 rings (SSSR count). The summed E-state index contributed by atoms with van der Waals surface area (Å²) in [5.41, 5.74) is 5.99. The fraction of sp³-hybridized carbons (Fsp3) is 0.833. The molecular weight excluding hydrogens is 218 g/mol. The summed E-state index contributed by atoms with van der Waals surface area (Å²) in [5, 5.41) is 4.06. The molecule has 0 aromatic carbocycles. The largest absolute Gasteiger partial charge is 0.381 e. The van der Waals surface area contributed by atoms with Crippen LogP contribution >= 0.6 is 0 Å². The van der Waals surface area contributed by atoms with E-state index in [1.165, 1.54) is 0 Å². The van der Waals surface area contributed by atoms with Gasteiger partial charge in [0.2, 0.25) is 5.89 Å². The van der Waals surface area contributed by atoms with Crippen LogP contribution in [0.4, 0.5) is 0 Å². The summed E-state index contributed by atoms with van der Waals surface area (Å²) in [4.78, 5) is 4.44. The van der Waals surface area contributed by atoms with Crippen molar-refractivity contribution < 1.29 is 9.26 Å². The summed E-state index contributed by atoms with van der Waals surface area (Å²) in [6.07, 6.45) is 2.62. The second-order valence-electron chi connectivity index (χ2n) is 5.04. The summed E-state index contributed by atoms with van der Waals surface area (Å²) < 4.78 is 10.6. The molecule has 5 heteroatoms. The lowest BCUT2D eigenvalue weighted by molar-refractivity contribution is 0.0830. The van der Waals surface area contributed by atoms with Gasteiger partial charge >= 0.3 is 0 Å². The predicted molar refractivity (Wildman–Crippen MR) is 63.6 cm³/mol. The third kappa shape index (κ3) is 3.26. The van der Waals surface area contributed by atoms with Gasteiger partial charge in [0.1, 0.15) is 0 Å². The standard InChI is InChI=1S/C12H21N3O2/c1-8(2)10(13)7-11-14-12(15-17-11)9-3-5-16-6-4-9/h8-10H,3-7,13H2,1-2H3. The van der Waals surface area contributed by atoms with Crippen molar-refractivity contribution in [1.29, 1.82) is 0 Å². The number of nitrogens with two attached hydrogens (primary N) is 1. The highest BCUT2D eigenvalue weighted by atomic mass is 16.5. The molecule has 0 aliphatic carbocycles. The van der Waals surface area contributed by atoms with Crippen LogP contribution in [0.1, 0.15) is 44.3 Å². The first kappa shape index (κ1) is 12.5. The molecule has 2 N–H and O–H groups in total. The lowest BCUT2D eigenvalue weighted by atomic mass is 9.99. The number of hydrogen-bond acceptors (Lipinski definition) is 5. The van der Waals surface area contributed by atoms with E-state index in [-0.39, 0.29) is 6.04 Å². The van der Waals surface area contributed by atoms with Gasteiger partial charge in [-0.3, -0.25) is 0 Å². The molecule has 1 saturated heterocycles. The average Bonchev–Trinajstić information content (AvgIpc) is 2.78. The molecule has 0 saturated carbocycles. The molecule has 1 aromatic heterocycles. The van der Waals surface area contributed by atoms with Gasteiger partial charge in [0.25, 0.3) is 0 Å². The zero-order valence-electron chi connectivity index (χ0n) is 10.6. The highest BCUT2D eigenvalue weighted by Crippen LogP contribution is 2.24. The van der Waals surface area contributed by atoms with Crippen molar-refractivity contribution in [3.63, 3.8) is 0 Å². The number of ether oxygens (including phenoxy) is 1. The first-order valence-corrected chi connectivity index (χ1v) is 6.32. The molecule has 0 radical (unpaired) electrons. The minimum atomic E-state index is 0.0815. The number of nitrogens with zero attached hydrogens (tertiary/aromatic N) is 2. The van der Waals surface area contributed by atoms with E-state index in [0.717, 1.165) is 31.9 Å². The van der Waals surface area contributed by atoms with Gasteiger partial charge in [-0.1, -0.05) is 19.0 Å². The van der Waals surface area contributed by atoms with Gasteiger partial charge in [0.05, 0.1) is 0 Å². The predicted octanol–water partition coefficient (Wildman–Crippen LogP) is 1.49. The molecule has 1 atom stereocenters. The Balaban J connectivity index is 1.95. The van der Waals surface area contributed by atoms with E-state index in [9.17, 15) is 0 Å². The molecule has 1 fully saturated rings. The van der Waals surface area contributed by atoms with Crippen molar-refractivity contribution in [3.8, 4) is 0 Å². The molecule has 0 spiro atoms. The van der Waals surface area contributed by atoms with Crippen LogP contribution in [0.5, 0.6) is 0 Å². The van der Waals surface area contributed by atoms with E-state index in [1.54, 1.807) is 0 Å². The van der Waals surface area contributed by atoms with Crippen LogP contribution in [0.2, 0.25) is 0 Å². The Hall–Kier alpha value is -0.940. The Morgan fingerprint density at radius 3 is 2.71 bits per heavy atom. The zero-order chi connectivity index (χ0) is 12.3. The number of aromatic nitrogens is 2. The van der Waals surface area contributed by atoms with Crippen molar-refractivity contribution in [1.82, 2.24) is 10.1 Å². The van der Waals surface area contributed by atoms with Crippen LogP contribution in [0.25, 0.3) is 0 Å². The summed E-state index contributed by atoms with van der Waals surface area (Å²) in [6, 6.07) is 0.0815. The Morgan fingerprint density at radius 1 is 1.35 bits per heavy atom. The summed E-state index contributed by atoms with van der Waals surface area (Å²) >= 11 is 0. The number of rotatable bonds is 4. The summed E-state index contributed by atoms with van der Waals surface area (Å²) in [5.74, 6) is 2.29. The van der Waals surface area contributed by atoms with Gasteiger partial charge in [-0.2, -0.15) is 4.98 Å². The van der Waals surface area contributed by atoms with Crippen LogP contribution in [-0.2, 0) is 11.2 Å². The minimum absolute atomic E-state index is 0.0815. The lowest BCUT2D eigenvalue weighted by Crippen LogP contribution is -2.28. The Kier molecular flexibility index (Phi) is 4.12. The Bertz CT molecular complexity index is 345. The van der Waals surface area contributed by atoms with E-state index >= 15 is 0 Å². The molecule has 0 bridgehead atoms. The SMILES string of the molecule is CC(C)C(N)Cc1nc(C2CCOCC2)no1. The second kappa shape index (κ2) is 5.60. The van der Waals surface area contributed by atoms with Crippen molar-refractivity contribution in [2.45, 2.75) is 45.1 Å². The fourth-order valence-corrected chi connectivity index (χ4v) is 1.91. The molecule has 1 aliphatic rings. The molecule has 96 valence electrons. The highest BCUT2D eigenvalue weighted by Gasteiger charge is 2.22. The first-order valence-electron chi connectivity index (χ1n) is 6.32. The van der Waals surface area contributed by atoms with Gasteiger partial charge in [-0.25, -0.2) is 0 Å². The lowest BCUT2D eigenvalue weighted by Gasteiger charge is -2.18. The van der Waals surface area contributed by atoms with E-state index in [2.05, 4.69) is 24.0 Å². The van der Waals surface area contributed by atoms with Gasteiger partial charge in [0.15, 0.2) is 5.82 Å². The first-order chi connectivity index (χ1) is 8.16. The molecule has 0 amide bonds. The third-order valence-corrected chi connectivity index (χ3v) is 3.34. The van der Waals surface area contributed by atoms with Crippen LogP contribution in [0, 0.1) is 5.92 Å². The van der Waals surface area contributed by atoms with Crippen LogP contribution in [0.15, 0.2) is 4.52 Å². The van der Waals surface area contributed by atoms with Crippen LogP contribution in [-0.4, -0.2) is 29.4 Å². The second-order valence-corrected chi connectivity index (χ2v) is 5.04. The van der Waals surface area contributed by atoms with E-state index < -0.39 is 0 Å². The van der Waals surface area contributed by atoms with Crippen molar-refractivity contribution >= 4 is 0 Å². The van der Waals surface area contributed by atoms with Crippen molar-refractivity contribution in [2.75, 3.05) is 13.2 Å². The van der Waals surface area contributed by atoms with Gasteiger partial charge < -0.3 is 15.0 Å². The maximum absolute atomic E-state index is 5.99. The fourth-order valence-electron chi connectivity index (χ4n) is 1.91. The van der Waals surface area contributed by atoms with Crippen LogP contribution < -0.4 is 5.73 Å². The average molecular weight is 239 g/mol. The van der Waals surface area contributed by atoms with Gasteiger partial charge in [0, 0.05) is 31.6 Å². The Morgan fingerprint density at radius 2 is 2.06 bits per heavy atom. The van der Waals surface area contributed by atoms with E-state index in [0.29, 0.717) is 24.1 Å². The molecule has 1 aliphatic heterocycles. The zero-order valence-corrected chi connectivity index (χ0v) is 10.6. The Labute approximate surface area is 102 Å². The molecule has 5 nitrogen and oxygen atoms in total. The van der Waals surface area contributed by atoms with Crippen LogP contribution in [0.3, 0.4) is 0 Å². The van der Waals surface area contributed by atoms with Crippen molar-refractivity contribution in [2.24, 2.45) is 11.7 Å². The summed E-state index contributed by atoms with van der Waals surface area (Å²) in [6.45, 7) is 5.78. The maximum Gasteiger partial charge on any atom is 0.228 e. The number of hydrogen-bond donors (Lipinski definition) is 1. The summed E-state index contributed by atoms with van der Waals surface area (Å²) in [7, 11) is 0. The van der Waals surface area contributed by atoms with Crippen molar-refractivity contribution in [3.05, 3.63) is 11.7 Å². The topological polar surface area (TPSA) is 74.2 Å². The molecule has 2 heterocycles. The molecule has 1 unspecified atom stereocenters. The normalized spacial score (nSPS) is 19.8. The quantitative estimate of drug-likeness (QED) is 0.861. The highest BCUT2D eigenvalue weighted by molar-refractivity contribution is 4.97. The minimum Gasteiger partial charge on any atom is -0.381 e. The van der Waals surface area contributed by atoms with E-state index in [1.807, 2.05) is 0 Å². The van der Waals surface area contributed by atoms with E-state index in [4.69, 9.17) is 15.0 Å². The molecule has 1 aromatic rings. The maximum atomic E-state index is 5.99. The monoisotopic (exact) mass is 239 g/mol. The third-order valence-electron chi connectivity index (χ3n) is 3.34. The molecule has 17 heavy (non-hydrogen) atoms. The van der Waals surface area contributed by atoms with Gasteiger partial charge in [-0.15, -0.1) is 0 Å².